The number of sulfonamides is 1. The fraction of sp³-hybridized carbons (Fsp3) is 0.727. The number of hydrogen-bond donors (Lipinski definition) is 3. The molecule has 0 spiro atoms. The quantitative estimate of drug-likeness (QED) is 0.575. The first kappa shape index (κ1) is 15.9. The normalized spacial score (nSPS) is 12.2. The maximum Gasteiger partial charge on any atom is 0.248 e. The zero-order valence-corrected chi connectivity index (χ0v) is 12.0. The highest BCUT2D eigenvalue weighted by Gasteiger charge is 2.27. The first-order valence-electron chi connectivity index (χ1n) is 6.43. The van der Waals surface area contributed by atoms with E-state index in [0.717, 1.165) is 25.7 Å². The number of rotatable bonds is 9. The lowest BCUT2D eigenvalue weighted by Crippen LogP contribution is -2.34. The van der Waals surface area contributed by atoms with Crippen molar-refractivity contribution in [3.05, 3.63) is 6.20 Å². The molecule has 0 fully saturated rings. The molecule has 1 rings (SSSR count). The summed E-state index contributed by atoms with van der Waals surface area (Å²) in [6.45, 7) is 2.33. The number of nitrogens with two attached hydrogens (primary N) is 1. The highest BCUT2D eigenvalue weighted by atomic mass is 32.2. The van der Waals surface area contributed by atoms with E-state index in [1.165, 1.54) is 10.5 Å². The zero-order valence-electron chi connectivity index (χ0n) is 11.2. The van der Waals surface area contributed by atoms with Gasteiger partial charge < -0.3 is 10.8 Å². The summed E-state index contributed by atoms with van der Waals surface area (Å²) in [6, 6.07) is 0. The number of nitrogens with zero attached hydrogens (tertiary/aromatic N) is 2. The number of aliphatic hydroxyl groups is 1. The van der Waals surface area contributed by atoms with E-state index < -0.39 is 10.0 Å². The molecular formula is C11H22N4O3S. The van der Waals surface area contributed by atoms with Crippen LogP contribution < -0.4 is 5.73 Å². The first-order valence-corrected chi connectivity index (χ1v) is 7.88. The van der Waals surface area contributed by atoms with E-state index in [0.29, 0.717) is 6.54 Å². The predicted octanol–water partition coefficient (Wildman–Crippen LogP) is 0.555. The average Bonchev–Trinajstić information content (AvgIpc) is 2.80. The number of anilines is 1. The minimum absolute atomic E-state index is 0.0245. The maximum absolute atomic E-state index is 12.3. The molecule has 19 heavy (non-hydrogen) atoms. The maximum atomic E-state index is 12.3. The summed E-state index contributed by atoms with van der Waals surface area (Å²) >= 11 is 0. The Bertz CT molecular complexity index is 472. The van der Waals surface area contributed by atoms with Gasteiger partial charge in [-0.15, -0.1) is 0 Å². The van der Waals surface area contributed by atoms with Crippen LogP contribution in [0.15, 0.2) is 11.1 Å². The van der Waals surface area contributed by atoms with E-state index in [2.05, 4.69) is 17.1 Å². The highest BCUT2D eigenvalue weighted by molar-refractivity contribution is 7.89. The molecule has 1 aromatic rings. The van der Waals surface area contributed by atoms with Crippen LogP contribution in [0.25, 0.3) is 0 Å². The Morgan fingerprint density at radius 2 is 2.11 bits per heavy atom. The molecule has 0 aliphatic carbocycles. The number of hydrogen-bond acceptors (Lipinski definition) is 5. The van der Waals surface area contributed by atoms with Gasteiger partial charge in [-0.1, -0.05) is 26.2 Å². The Balaban J connectivity index is 2.77. The van der Waals surface area contributed by atoms with Gasteiger partial charge in [-0.25, -0.2) is 8.42 Å². The Hall–Kier alpha value is -1.12. The van der Waals surface area contributed by atoms with Gasteiger partial charge in [0.1, 0.15) is 10.7 Å². The molecule has 0 aliphatic heterocycles. The molecule has 1 heterocycles. The Morgan fingerprint density at radius 3 is 2.63 bits per heavy atom. The minimum atomic E-state index is -3.68. The second-order valence-corrected chi connectivity index (χ2v) is 6.24. The Morgan fingerprint density at radius 1 is 1.37 bits per heavy atom. The van der Waals surface area contributed by atoms with Crippen molar-refractivity contribution in [1.82, 2.24) is 14.5 Å². The summed E-state index contributed by atoms with van der Waals surface area (Å²) < 4.78 is 25.9. The van der Waals surface area contributed by atoms with Crippen LogP contribution in [0, 0.1) is 0 Å². The smallest absolute Gasteiger partial charge is 0.248 e. The fourth-order valence-electron chi connectivity index (χ4n) is 1.81. The molecule has 0 unspecified atom stereocenters. The molecule has 0 radical (unpaired) electrons. The van der Waals surface area contributed by atoms with Crippen LogP contribution in [-0.4, -0.2) is 47.7 Å². The van der Waals surface area contributed by atoms with Crippen LogP contribution in [0.3, 0.4) is 0 Å². The van der Waals surface area contributed by atoms with Gasteiger partial charge >= 0.3 is 0 Å². The van der Waals surface area contributed by atoms with Crippen LogP contribution in [0.5, 0.6) is 0 Å². The van der Waals surface area contributed by atoms with Gasteiger partial charge in [-0.3, -0.25) is 5.10 Å². The third-order valence-corrected chi connectivity index (χ3v) is 4.79. The number of unbranched alkanes of at least 4 members (excludes halogenated alkanes) is 3. The number of nitrogen functional groups attached to an aromatic ring is 1. The monoisotopic (exact) mass is 290 g/mol. The van der Waals surface area contributed by atoms with Crippen LogP contribution in [-0.2, 0) is 10.0 Å². The molecule has 0 aliphatic rings. The number of aromatic amines is 1. The van der Waals surface area contributed by atoms with Crippen LogP contribution >= 0.6 is 0 Å². The molecule has 1 aromatic heterocycles. The van der Waals surface area contributed by atoms with Gasteiger partial charge in [0.2, 0.25) is 10.0 Å². The lowest BCUT2D eigenvalue weighted by molar-refractivity contribution is 0.251. The number of H-pyrrole nitrogens is 1. The standard InChI is InChI=1S/C11H22N4O3S/c1-2-3-4-5-6-15(7-8-16)19(17,18)10-9-13-14-11(10)12/h9,16H,2-8H2,1H3,(H3,12,13,14). The van der Waals surface area contributed by atoms with Crippen LogP contribution in [0.2, 0.25) is 0 Å². The lowest BCUT2D eigenvalue weighted by atomic mass is 10.2. The Kier molecular flexibility index (Phi) is 6.26. The minimum Gasteiger partial charge on any atom is -0.395 e. The van der Waals surface area contributed by atoms with Crippen molar-refractivity contribution in [2.75, 3.05) is 25.4 Å². The summed E-state index contributed by atoms with van der Waals surface area (Å²) in [7, 11) is -3.68. The van der Waals surface area contributed by atoms with Crippen LogP contribution in [0.1, 0.15) is 32.6 Å². The van der Waals surface area contributed by atoms with Gasteiger partial charge in [-0.2, -0.15) is 9.40 Å². The fourth-order valence-corrected chi connectivity index (χ4v) is 3.29. The SMILES string of the molecule is CCCCCCN(CCO)S(=O)(=O)c1cn[nH]c1N. The summed E-state index contributed by atoms with van der Waals surface area (Å²) in [6.07, 6.45) is 5.09. The second-order valence-electron chi connectivity index (χ2n) is 4.34. The molecule has 0 bridgehead atoms. The molecule has 8 heteroatoms. The molecular weight excluding hydrogens is 268 g/mol. The van der Waals surface area contributed by atoms with Gasteiger partial charge in [0.15, 0.2) is 0 Å². The number of nitrogens with one attached hydrogen (secondary N) is 1. The Labute approximate surface area is 113 Å². The average molecular weight is 290 g/mol. The van der Waals surface area contributed by atoms with E-state index in [4.69, 9.17) is 10.8 Å². The summed E-state index contributed by atoms with van der Waals surface area (Å²) in [5.41, 5.74) is 5.55. The van der Waals surface area contributed by atoms with Crippen molar-refractivity contribution in [2.45, 2.75) is 37.5 Å². The van der Waals surface area contributed by atoms with Crippen LogP contribution in [0.4, 0.5) is 5.82 Å². The van der Waals surface area contributed by atoms with Crippen molar-refractivity contribution in [1.29, 1.82) is 0 Å². The highest BCUT2D eigenvalue weighted by Crippen LogP contribution is 2.20. The summed E-state index contributed by atoms with van der Waals surface area (Å²) in [4.78, 5) is -0.0311. The molecule has 0 aromatic carbocycles. The molecule has 0 atom stereocenters. The first-order chi connectivity index (χ1) is 9.04. The lowest BCUT2D eigenvalue weighted by Gasteiger charge is -2.20. The van der Waals surface area contributed by atoms with Crippen molar-refractivity contribution in [2.24, 2.45) is 0 Å². The van der Waals surface area contributed by atoms with E-state index >= 15 is 0 Å². The van der Waals surface area contributed by atoms with Gasteiger partial charge in [0.05, 0.1) is 12.8 Å². The summed E-state index contributed by atoms with van der Waals surface area (Å²) in [5, 5.41) is 15.0. The zero-order chi connectivity index (χ0) is 14.3. The van der Waals surface area contributed by atoms with Gasteiger partial charge in [-0.05, 0) is 6.42 Å². The summed E-state index contributed by atoms with van der Waals surface area (Å²) in [5.74, 6) is 0.0245. The van der Waals surface area contributed by atoms with Gasteiger partial charge in [0, 0.05) is 13.1 Å². The van der Waals surface area contributed by atoms with E-state index in [1.807, 2.05) is 0 Å². The van der Waals surface area contributed by atoms with Crippen molar-refractivity contribution >= 4 is 15.8 Å². The topological polar surface area (TPSA) is 112 Å². The second kappa shape index (κ2) is 7.46. The molecule has 110 valence electrons. The van der Waals surface area contributed by atoms with E-state index in [-0.39, 0.29) is 23.9 Å². The third-order valence-electron chi connectivity index (χ3n) is 2.86. The van der Waals surface area contributed by atoms with Gasteiger partial charge in [0.25, 0.3) is 0 Å². The molecule has 0 saturated heterocycles. The molecule has 7 nitrogen and oxygen atoms in total. The number of aliphatic hydroxyl groups excluding tert-OH is 1. The van der Waals surface area contributed by atoms with Crippen molar-refractivity contribution < 1.29 is 13.5 Å². The van der Waals surface area contributed by atoms with Crippen molar-refractivity contribution in [3.8, 4) is 0 Å². The van der Waals surface area contributed by atoms with E-state index in [9.17, 15) is 8.42 Å². The van der Waals surface area contributed by atoms with Crippen molar-refractivity contribution in [3.63, 3.8) is 0 Å². The molecule has 4 N–H and O–H groups in total. The van der Waals surface area contributed by atoms with E-state index in [1.54, 1.807) is 0 Å². The predicted molar refractivity (Wildman–Crippen MR) is 73.0 cm³/mol. The number of aromatic nitrogens is 2. The molecule has 0 saturated carbocycles. The molecule has 0 amide bonds. The third kappa shape index (κ3) is 4.19. The largest absolute Gasteiger partial charge is 0.395 e.